The molecule has 0 bridgehead atoms. The van der Waals surface area contributed by atoms with Gasteiger partial charge in [-0.3, -0.25) is 4.72 Å². The van der Waals surface area contributed by atoms with Gasteiger partial charge in [-0.25, -0.2) is 35.2 Å². The van der Waals surface area contributed by atoms with Crippen molar-refractivity contribution >= 4 is 76.3 Å². The highest BCUT2D eigenvalue weighted by Gasteiger charge is 2.35. The normalized spacial score (nSPS) is 32.5. The number of nitrogens with two attached hydrogens (primary N) is 1. The molecule has 3 N–H and O–H groups in total. The molecule has 0 amide bonds. The van der Waals surface area contributed by atoms with Gasteiger partial charge in [-0.15, -0.1) is 0 Å². The number of sulfonamides is 1. The van der Waals surface area contributed by atoms with Gasteiger partial charge in [0.05, 0.1) is 61.7 Å². The first-order valence-corrected chi connectivity index (χ1v) is 16.6. The van der Waals surface area contributed by atoms with E-state index in [0.29, 0.717) is 0 Å². The molecule has 0 saturated carbocycles. The maximum absolute atomic E-state index is 13.9. The van der Waals surface area contributed by atoms with Gasteiger partial charge in [0, 0.05) is 29.9 Å². The third-order valence-electron chi connectivity index (χ3n) is 4.51. The van der Waals surface area contributed by atoms with Crippen LogP contribution in [0.4, 0.5) is 20.2 Å². The van der Waals surface area contributed by atoms with E-state index in [2.05, 4.69) is 9.47 Å². The Labute approximate surface area is 318 Å². The summed E-state index contributed by atoms with van der Waals surface area (Å²) >= 11 is 11.1. The van der Waals surface area contributed by atoms with Crippen LogP contribution in [0.5, 0.6) is 0 Å². The molecule has 0 saturated heterocycles. The SMILES string of the molecule is [2H]C1([2H])C(C(=O)OCC)=C(S(=O)(=O)Cl)C([2H])([2H])C([2H])([2H])C1([2H])[2H].[2H]C1=C(C(=O)OCC)C([2H])(S(=O)(=O)Nc2c([2H])c([2H])c(F)c([2H])c2Cl)C([2H])([2H])C([2H])([2H])C1([2H])[2H].[2H]c1c([2H])c(F)c([2H])c(Cl)c1N. The quantitative estimate of drug-likeness (QED) is 0.160. The van der Waals surface area contributed by atoms with Crippen molar-refractivity contribution in [3.63, 3.8) is 0 Å². The van der Waals surface area contributed by atoms with Crippen LogP contribution in [0.15, 0.2) is 58.4 Å². The van der Waals surface area contributed by atoms with E-state index in [1.807, 2.05) is 0 Å². The average Bonchev–Trinajstić information content (AvgIpc) is 3.22. The summed E-state index contributed by atoms with van der Waals surface area (Å²) in [5.74, 6) is -6.12. The molecule has 17 heteroatoms. The van der Waals surface area contributed by atoms with Gasteiger partial charge in [0.2, 0.25) is 10.0 Å². The molecule has 2 aliphatic carbocycles. The zero-order valence-electron chi connectivity index (χ0n) is 45.5. The number of rotatable bonds is 8. The Balaban J connectivity index is 0.000000399. The fourth-order valence-corrected chi connectivity index (χ4v) is 5.04. The zero-order valence-corrected chi connectivity index (χ0v) is 27.4. The van der Waals surface area contributed by atoms with Crippen LogP contribution < -0.4 is 10.5 Å². The Kier molecular flexibility index (Phi) is 7.19. The fourth-order valence-electron chi connectivity index (χ4n) is 2.67. The Morgan fingerprint density at radius 1 is 0.979 bits per heavy atom. The van der Waals surface area contributed by atoms with Gasteiger partial charge in [-0.1, -0.05) is 29.3 Å². The van der Waals surface area contributed by atoms with Crippen molar-refractivity contribution in [1.82, 2.24) is 0 Å². The van der Waals surface area contributed by atoms with Crippen LogP contribution in [-0.2, 0) is 38.1 Å². The Morgan fingerprint density at radius 2 is 1.55 bits per heavy atom. The minimum Gasteiger partial charge on any atom is -0.463 e. The highest BCUT2D eigenvalue weighted by molar-refractivity contribution is 8.16. The molecule has 0 heterocycles. The van der Waals surface area contributed by atoms with E-state index in [9.17, 15) is 35.2 Å². The Bertz CT molecular complexity index is 2630. The molecule has 0 aliphatic heterocycles. The lowest BCUT2D eigenvalue weighted by atomic mass is 9.99. The first-order chi connectivity index (χ1) is 30.6. The van der Waals surface area contributed by atoms with Gasteiger partial charge < -0.3 is 15.2 Å². The lowest BCUT2D eigenvalue weighted by Gasteiger charge is -2.24. The maximum Gasteiger partial charge on any atom is 0.335 e. The van der Waals surface area contributed by atoms with Crippen molar-refractivity contribution in [3.8, 4) is 0 Å². The molecule has 1 atom stereocenters. The fraction of sp³-hybridized carbons (Fsp3) is 0.400. The van der Waals surface area contributed by atoms with Crippen LogP contribution in [-0.4, -0.2) is 47.2 Å². The summed E-state index contributed by atoms with van der Waals surface area (Å²) in [6, 6.07) is -7.21. The van der Waals surface area contributed by atoms with Gasteiger partial charge in [0.15, 0.2) is 0 Å². The van der Waals surface area contributed by atoms with Crippen molar-refractivity contribution in [1.29, 1.82) is 0 Å². The molecule has 260 valence electrons. The minimum atomic E-state index is -5.84. The number of nitrogens with one attached hydrogen (secondary N) is 1. The lowest BCUT2D eigenvalue weighted by molar-refractivity contribution is -0.139. The minimum absolute atomic E-state index is 0.229. The zero-order chi connectivity index (χ0) is 54.9. The van der Waals surface area contributed by atoms with Gasteiger partial charge in [-0.2, -0.15) is 0 Å². The molecule has 0 fully saturated rings. The summed E-state index contributed by atoms with van der Waals surface area (Å²) < 4.78 is 257. The van der Waals surface area contributed by atoms with Gasteiger partial charge in [0.1, 0.15) is 16.9 Å². The third kappa shape index (κ3) is 12.6. The van der Waals surface area contributed by atoms with Crippen LogP contribution >= 0.6 is 33.9 Å². The molecule has 0 aromatic heterocycles. The molecule has 0 radical (unpaired) electrons. The molecule has 2 aliphatic rings. The first kappa shape index (κ1) is 18.2. The van der Waals surface area contributed by atoms with E-state index in [4.69, 9.17) is 69.8 Å². The molecular formula is C30H35Cl3F2N2O8S2. The number of halogens is 5. The number of anilines is 2. The largest absolute Gasteiger partial charge is 0.463 e. The van der Waals surface area contributed by atoms with Crippen molar-refractivity contribution in [2.75, 3.05) is 23.7 Å². The average molecular weight is 782 g/mol. The van der Waals surface area contributed by atoms with Crippen molar-refractivity contribution in [2.45, 2.75) is 63.7 Å². The topological polar surface area (TPSA) is 159 Å². The van der Waals surface area contributed by atoms with E-state index >= 15 is 0 Å². The summed E-state index contributed by atoms with van der Waals surface area (Å²) in [7, 11) is -5.85. The Hall–Kier alpha value is -2.91. The monoisotopic (exact) mass is 780 g/mol. The predicted molar refractivity (Wildman–Crippen MR) is 179 cm³/mol. The summed E-state index contributed by atoms with van der Waals surface area (Å²) in [6.45, 7) is 1.76. The van der Waals surface area contributed by atoms with Crippen molar-refractivity contribution < 1.29 is 74.8 Å². The predicted octanol–water partition coefficient (Wildman–Crippen LogP) is 7.27. The maximum atomic E-state index is 13.9. The van der Waals surface area contributed by atoms with Crippen LogP contribution in [0, 0.1) is 11.6 Å². The van der Waals surface area contributed by atoms with Crippen molar-refractivity contribution in [3.05, 3.63) is 80.0 Å². The number of benzene rings is 2. The number of hydrogen-bond acceptors (Lipinski definition) is 9. The molecule has 10 nitrogen and oxygen atoms in total. The number of nitrogen functional groups attached to an aromatic ring is 1. The standard InChI is InChI=1S/C15H17ClFNO4S.C9H13ClO4S.C6H5ClFN/c1-2-22-15(19)11-5-3-4-6-14(11)23(20,21)18-13-8-7-10(17)9-12(13)16;1-2-14-9(11)7-5-3-4-6-8(7)15(10,12)13;7-5-3-4(8)1-2-6(5)9/h5,7-9,14,18H,2-4,6H2,1H3;2-6H2,1H3;1-3H,9H2/i3D2,4D2,5D,6D2,7D,8D,9D,14D;3D2,4D2,5D2,6D2;1D,2D,3D. The van der Waals surface area contributed by atoms with Crippen molar-refractivity contribution in [2.24, 2.45) is 0 Å². The molecule has 4 rings (SSSR count). The van der Waals surface area contributed by atoms with Crippen LogP contribution in [0.3, 0.4) is 0 Å². The molecule has 2 aromatic rings. The second-order valence-electron chi connectivity index (χ2n) is 7.69. The molecule has 1 unspecified atom stereocenters. The number of ether oxygens (including phenoxy) is 2. The second kappa shape index (κ2) is 18.6. The molecular weight excluding hydrogens is 725 g/mol. The van der Waals surface area contributed by atoms with Gasteiger partial charge in [-0.05, 0) is 94.7 Å². The van der Waals surface area contributed by atoms with Crippen LogP contribution in [0.25, 0.3) is 0 Å². The van der Waals surface area contributed by atoms with E-state index in [-0.39, 0.29) is 17.3 Å². The van der Waals surface area contributed by atoms with E-state index in [0.717, 1.165) is 0 Å². The van der Waals surface area contributed by atoms with Crippen LogP contribution in [0.2, 0.25) is 10.0 Å². The Morgan fingerprint density at radius 3 is 2.17 bits per heavy atom. The smallest absolute Gasteiger partial charge is 0.335 e. The van der Waals surface area contributed by atoms with E-state index < -0.39 is 168 Å². The first-order valence-electron chi connectivity index (χ1n) is 23.0. The summed E-state index contributed by atoms with van der Waals surface area (Å²) in [5, 5.41) is -5.49. The van der Waals surface area contributed by atoms with Gasteiger partial charge in [0.25, 0.3) is 9.05 Å². The summed E-state index contributed by atoms with van der Waals surface area (Å²) in [6.07, 6.45) is -25.9. The number of carbonyl (C=O) groups excluding carboxylic acids is 2. The number of allylic oxidation sites excluding steroid dienone is 2. The third-order valence-corrected chi connectivity index (χ3v) is 7.67. The molecule has 2 aromatic carbocycles. The summed E-state index contributed by atoms with van der Waals surface area (Å²) in [5.41, 5.74) is 0.676. The second-order valence-corrected chi connectivity index (χ2v) is 12.6. The lowest BCUT2D eigenvalue weighted by Crippen LogP contribution is -2.34. The van der Waals surface area contributed by atoms with E-state index in [1.165, 1.54) is 18.6 Å². The number of esters is 2. The molecule has 0 spiro atoms. The highest BCUT2D eigenvalue weighted by Crippen LogP contribution is 2.32. The summed E-state index contributed by atoms with van der Waals surface area (Å²) in [4.78, 5) is 22.8. The number of carbonyl (C=O) groups is 2. The van der Waals surface area contributed by atoms with E-state index in [1.54, 1.807) is 0 Å². The van der Waals surface area contributed by atoms with Gasteiger partial charge >= 0.3 is 11.9 Å². The van der Waals surface area contributed by atoms with Crippen LogP contribution in [0.1, 0.15) is 88.6 Å². The molecule has 47 heavy (non-hydrogen) atoms. The highest BCUT2D eigenvalue weighted by atomic mass is 35.7. The number of hydrogen-bond donors (Lipinski definition) is 2.